The van der Waals surface area contributed by atoms with Crippen LogP contribution >= 0.6 is 0 Å². The summed E-state index contributed by atoms with van der Waals surface area (Å²) in [7, 11) is 0. The molecule has 0 radical (unpaired) electrons. The summed E-state index contributed by atoms with van der Waals surface area (Å²) < 4.78 is 0. The normalized spacial score (nSPS) is 13.7. The van der Waals surface area contributed by atoms with Gasteiger partial charge in [-0.25, -0.2) is 0 Å². The van der Waals surface area contributed by atoms with Gasteiger partial charge in [-0.2, -0.15) is 0 Å². The zero-order valence-corrected chi connectivity index (χ0v) is 27.2. The van der Waals surface area contributed by atoms with Gasteiger partial charge in [0.25, 0.3) is 0 Å². The van der Waals surface area contributed by atoms with Crippen LogP contribution in [0.5, 0.6) is 0 Å². The van der Waals surface area contributed by atoms with Crippen LogP contribution in [0.25, 0.3) is 0 Å². The van der Waals surface area contributed by atoms with Crippen molar-refractivity contribution in [2.45, 2.75) is 207 Å². The molecule has 0 heterocycles. The van der Waals surface area contributed by atoms with Crippen molar-refractivity contribution in [3.63, 3.8) is 0 Å². The van der Waals surface area contributed by atoms with E-state index in [-0.39, 0.29) is 12.1 Å². The van der Waals surface area contributed by atoms with E-state index in [1.165, 1.54) is 154 Å². The monoisotopic (exact) mass is 540 g/mol. The highest BCUT2D eigenvalue weighted by atomic mass is 16.4. The van der Waals surface area contributed by atoms with Gasteiger partial charge in [0, 0.05) is 11.4 Å². The zero-order chi connectivity index (χ0) is 27.5. The van der Waals surface area contributed by atoms with Crippen LogP contribution in [0.1, 0.15) is 207 Å². The first-order valence-electron chi connectivity index (χ1n) is 17.3. The number of rotatable bonds is 30. The number of hydrogen-bond donors (Lipinski definition) is 1. The van der Waals surface area contributed by atoms with Gasteiger partial charge in [0.15, 0.2) is 0 Å². The SMILES string of the molecule is CCCCCCCCCCCCCCCC(C)C(CC)(CCCCCCCCCCCCCC)C(=O)[O-].[NH4+]. The predicted molar refractivity (Wildman–Crippen MR) is 169 cm³/mol. The van der Waals surface area contributed by atoms with E-state index < -0.39 is 11.4 Å². The van der Waals surface area contributed by atoms with Gasteiger partial charge < -0.3 is 16.1 Å². The van der Waals surface area contributed by atoms with Gasteiger partial charge >= 0.3 is 0 Å². The first kappa shape index (κ1) is 39.6. The molecule has 0 saturated heterocycles. The second kappa shape index (κ2) is 29.4. The molecule has 3 heteroatoms. The first-order valence-corrected chi connectivity index (χ1v) is 17.3. The lowest BCUT2D eigenvalue weighted by molar-refractivity contribution is -0.323. The Morgan fingerprint density at radius 3 is 1.11 bits per heavy atom. The maximum absolute atomic E-state index is 12.2. The lowest BCUT2D eigenvalue weighted by Crippen LogP contribution is -2.46. The van der Waals surface area contributed by atoms with Crippen LogP contribution in [-0.4, -0.2) is 5.97 Å². The van der Waals surface area contributed by atoms with Gasteiger partial charge in [0.05, 0.1) is 0 Å². The maximum atomic E-state index is 12.2. The molecule has 0 saturated carbocycles. The fourth-order valence-electron chi connectivity index (χ4n) is 6.25. The molecule has 0 amide bonds. The summed E-state index contributed by atoms with van der Waals surface area (Å²) in [6.45, 7) is 8.81. The average Bonchev–Trinajstić information content (AvgIpc) is 2.89. The number of carboxylic acid groups (broad SMARTS) is 1. The Balaban J connectivity index is 0. The maximum Gasteiger partial charge on any atom is 0.0478 e. The second-order valence-corrected chi connectivity index (χ2v) is 12.4. The van der Waals surface area contributed by atoms with Crippen LogP contribution in [0, 0.1) is 11.3 Å². The fourth-order valence-corrected chi connectivity index (χ4v) is 6.25. The number of aliphatic carboxylic acids is 1. The Labute approximate surface area is 240 Å². The molecule has 230 valence electrons. The van der Waals surface area contributed by atoms with E-state index in [2.05, 4.69) is 27.7 Å². The van der Waals surface area contributed by atoms with Crippen molar-refractivity contribution in [3.8, 4) is 0 Å². The number of hydrogen-bond acceptors (Lipinski definition) is 2. The topological polar surface area (TPSA) is 76.6 Å². The number of quaternary nitrogens is 1. The molecular weight excluding hydrogens is 466 g/mol. The quantitative estimate of drug-likeness (QED) is 0.0921. The molecule has 3 nitrogen and oxygen atoms in total. The molecule has 0 bridgehead atoms. The lowest BCUT2D eigenvalue weighted by atomic mass is 9.69. The summed E-state index contributed by atoms with van der Waals surface area (Å²) in [4.78, 5) is 12.2. The van der Waals surface area contributed by atoms with Crippen molar-refractivity contribution in [1.82, 2.24) is 6.15 Å². The van der Waals surface area contributed by atoms with E-state index in [9.17, 15) is 9.90 Å². The Kier molecular flexibility index (Phi) is 30.6. The Morgan fingerprint density at radius 2 is 0.816 bits per heavy atom. The highest BCUT2D eigenvalue weighted by molar-refractivity contribution is 5.72. The van der Waals surface area contributed by atoms with Crippen LogP contribution in [-0.2, 0) is 4.79 Å². The van der Waals surface area contributed by atoms with Crippen molar-refractivity contribution in [3.05, 3.63) is 0 Å². The minimum atomic E-state index is -0.791. The third-order valence-electron chi connectivity index (χ3n) is 9.20. The molecule has 0 spiro atoms. The van der Waals surface area contributed by atoms with E-state index in [1.54, 1.807) is 0 Å². The summed E-state index contributed by atoms with van der Waals surface area (Å²) in [5, 5.41) is 12.2. The van der Waals surface area contributed by atoms with Crippen LogP contribution in [0.2, 0.25) is 0 Å². The zero-order valence-electron chi connectivity index (χ0n) is 27.2. The van der Waals surface area contributed by atoms with Crippen molar-refractivity contribution >= 4 is 5.97 Å². The number of carbonyl (C=O) groups is 1. The Morgan fingerprint density at radius 1 is 0.526 bits per heavy atom. The third-order valence-corrected chi connectivity index (χ3v) is 9.20. The summed E-state index contributed by atoms with van der Waals surface area (Å²) in [5.74, 6) is -0.566. The van der Waals surface area contributed by atoms with Gasteiger partial charge in [-0.1, -0.05) is 188 Å². The molecule has 0 aromatic heterocycles. The van der Waals surface area contributed by atoms with Gasteiger partial charge in [0.2, 0.25) is 0 Å². The van der Waals surface area contributed by atoms with E-state index >= 15 is 0 Å². The minimum Gasteiger partial charge on any atom is -0.550 e. The standard InChI is InChI=1S/C35H70O2.H3N/c1-5-8-10-12-14-16-18-20-21-23-25-27-29-31-33(4)35(7-3,34(36)37)32-30-28-26-24-22-19-17-15-13-11-9-6-2;/h33H,5-32H2,1-4H3,(H,36,37);1H3. The average molecular weight is 540 g/mol. The van der Waals surface area contributed by atoms with Crippen molar-refractivity contribution in [1.29, 1.82) is 0 Å². The van der Waals surface area contributed by atoms with Crippen LogP contribution in [0.3, 0.4) is 0 Å². The predicted octanol–water partition coefficient (Wildman–Crippen LogP) is 11.7. The summed E-state index contributed by atoms with van der Waals surface area (Å²) in [6.07, 6.45) is 36.1. The van der Waals surface area contributed by atoms with Gasteiger partial charge in [-0.05, 0) is 25.2 Å². The van der Waals surface area contributed by atoms with Crippen LogP contribution in [0.4, 0.5) is 0 Å². The molecule has 0 rings (SSSR count). The van der Waals surface area contributed by atoms with Gasteiger partial charge in [-0.3, -0.25) is 0 Å². The van der Waals surface area contributed by atoms with Gasteiger partial charge in [0.1, 0.15) is 0 Å². The molecule has 2 unspecified atom stereocenters. The fraction of sp³-hybridized carbons (Fsp3) is 0.971. The largest absolute Gasteiger partial charge is 0.550 e. The van der Waals surface area contributed by atoms with Crippen molar-refractivity contribution in [2.75, 3.05) is 0 Å². The number of carbonyl (C=O) groups excluding carboxylic acids is 1. The molecule has 0 aliphatic rings. The Hall–Kier alpha value is -0.570. The number of carboxylic acids is 1. The number of unbranched alkanes of at least 4 members (excludes halogenated alkanes) is 23. The molecule has 0 aromatic carbocycles. The molecular formula is C35H73NO2. The highest BCUT2D eigenvalue weighted by Crippen LogP contribution is 2.39. The summed E-state index contributed by atoms with van der Waals surface area (Å²) >= 11 is 0. The summed E-state index contributed by atoms with van der Waals surface area (Å²) in [5.41, 5.74) is -0.615. The highest BCUT2D eigenvalue weighted by Gasteiger charge is 2.35. The van der Waals surface area contributed by atoms with E-state index in [0.29, 0.717) is 6.42 Å². The molecule has 0 aromatic rings. The van der Waals surface area contributed by atoms with Crippen molar-refractivity contribution < 1.29 is 9.90 Å². The van der Waals surface area contributed by atoms with Gasteiger partial charge in [-0.15, -0.1) is 0 Å². The molecule has 38 heavy (non-hydrogen) atoms. The smallest absolute Gasteiger partial charge is 0.0478 e. The molecule has 2 atom stereocenters. The van der Waals surface area contributed by atoms with Crippen molar-refractivity contribution in [2.24, 2.45) is 11.3 Å². The van der Waals surface area contributed by atoms with Crippen LogP contribution < -0.4 is 11.3 Å². The molecule has 0 aliphatic heterocycles. The van der Waals surface area contributed by atoms with E-state index in [4.69, 9.17) is 0 Å². The first-order chi connectivity index (χ1) is 18.0. The summed E-state index contributed by atoms with van der Waals surface area (Å²) in [6, 6.07) is 0. The molecule has 0 fully saturated rings. The third kappa shape index (κ3) is 21.3. The molecule has 0 aliphatic carbocycles. The van der Waals surface area contributed by atoms with E-state index in [1.807, 2.05) is 0 Å². The minimum absolute atomic E-state index is 0. The second-order valence-electron chi connectivity index (χ2n) is 12.4. The lowest BCUT2D eigenvalue weighted by Gasteiger charge is -2.40. The molecule has 4 N–H and O–H groups in total. The Bertz CT molecular complexity index is 481. The van der Waals surface area contributed by atoms with E-state index in [0.717, 1.165) is 19.3 Å². The van der Waals surface area contributed by atoms with Crippen LogP contribution in [0.15, 0.2) is 0 Å².